The number of carbonyl (C=O) groups excluding carboxylic acids is 2. The summed E-state index contributed by atoms with van der Waals surface area (Å²) in [5.74, 6) is -1.14. The summed E-state index contributed by atoms with van der Waals surface area (Å²) in [5, 5.41) is 2.68. The van der Waals surface area contributed by atoms with Gasteiger partial charge in [0.05, 0.1) is 0 Å². The number of benzene rings is 1. The molecular weight excluding hydrogens is 328 g/mol. The van der Waals surface area contributed by atoms with Crippen molar-refractivity contribution in [3.63, 3.8) is 0 Å². The standard InChI is InChI=1S/C17H22N2O4S/c1-5-12(3)18-15(20)10-19-17(21)13(4)16(24(19,22)23)14-8-6-11(2)7-9-14/h6-9,12H,5,10H2,1-4H3,(H,18,20)/t12-/m0/s1. The zero-order valence-electron chi connectivity index (χ0n) is 14.3. The molecule has 1 aromatic carbocycles. The molecular formula is C17H22N2O4S. The molecule has 0 saturated heterocycles. The molecule has 1 heterocycles. The Hall–Kier alpha value is -2.15. The summed E-state index contributed by atoms with van der Waals surface area (Å²) in [5.41, 5.74) is 1.58. The van der Waals surface area contributed by atoms with Gasteiger partial charge in [-0.15, -0.1) is 0 Å². The lowest BCUT2D eigenvalue weighted by atomic mass is 10.1. The summed E-state index contributed by atoms with van der Waals surface area (Å²) in [6, 6.07) is 6.83. The van der Waals surface area contributed by atoms with Crippen molar-refractivity contribution in [1.82, 2.24) is 9.62 Å². The van der Waals surface area contributed by atoms with Crippen LogP contribution in [0.15, 0.2) is 29.8 Å². The fourth-order valence-corrected chi connectivity index (χ4v) is 4.25. The maximum atomic E-state index is 12.8. The average Bonchev–Trinajstić information content (AvgIpc) is 2.68. The number of amides is 2. The van der Waals surface area contributed by atoms with Gasteiger partial charge in [0.1, 0.15) is 11.4 Å². The first kappa shape index (κ1) is 18.2. The summed E-state index contributed by atoms with van der Waals surface area (Å²) < 4.78 is 26.2. The van der Waals surface area contributed by atoms with Gasteiger partial charge < -0.3 is 5.32 Å². The van der Waals surface area contributed by atoms with Gasteiger partial charge in [0, 0.05) is 11.6 Å². The Morgan fingerprint density at radius 3 is 2.33 bits per heavy atom. The maximum Gasteiger partial charge on any atom is 0.268 e. The van der Waals surface area contributed by atoms with Crippen LogP contribution in [-0.4, -0.2) is 37.1 Å². The van der Waals surface area contributed by atoms with Gasteiger partial charge in [0.15, 0.2) is 0 Å². The van der Waals surface area contributed by atoms with E-state index >= 15 is 0 Å². The Kier molecular flexibility index (Phi) is 5.13. The number of nitrogens with one attached hydrogen (secondary N) is 1. The summed E-state index contributed by atoms with van der Waals surface area (Å²) >= 11 is 0. The van der Waals surface area contributed by atoms with E-state index in [1.54, 1.807) is 24.3 Å². The largest absolute Gasteiger partial charge is 0.352 e. The molecule has 0 saturated carbocycles. The molecule has 1 atom stereocenters. The number of nitrogens with zero attached hydrogens (tertiary/aromatic N) is 1. The van der Waals surface area contributed by atoms with Crippen molar-refractivity contribution in [2.45, 2.75) is 40.2 Å². The lowest BCUT2D eigenvalue weighted by Crippen LogP contribution is -2.43. The first-order chi connectivity index (χ1) is 11.2. The molecule has 24 heavy (non-hydrogen) atoms. The molecule has 0 spiro atoms. The fraction of sp³-hybridized carbons (Fsp3) is 0.412. The van der Waals surface area contributed by atoms with Crippen LogP contribution in [0.2, 0.25) is 0 Å². The Labute approximate surface area is 142 Å². The predicted molar refractivity (Wildman–Crippen MR) is 92.3 cm³/mol. The minimum Gasteiger partial charge on any atom is -0.352 e. The summed E-state index contributed by atoms with van der Waals surface area (Å²) in [6.45, 7) is 6.59. The summed E-state index contributed by atoms with van der Waals surface area (Å²) in [7, 11) is -4.03. The fourth-order valence-electron chi connectivity index (χ4n) is 2.48. The zero-order chi connectivity index (χ0) is 18.1. The lowest BCUT2D eigenvalue weighted by molar-refractivity contribution is -0.128. The van der Waals surface area contributed by atoms with Crippen molar-refractivity contribution in [3.05, 3.63) is 41.0 Å². The van der Waals surface area contributed by atoms with Gasteiger partial charge in [0.25, 0.3) is 15.9 Å². The van der Waals surface area contributed by atoms with E-state index < -0.39 is 28.4 Å². The van der Waals surface area contributed by atoms with Crippen molar-refractivity contribution in [1.29, 1.82) is 0 Å². The Morgan fingerprint density at radius 1 is 1.21 bits per heavy atom. The number of hydrogen-bond acceptors (Lipinski definition) is 4. The van der Waals surface area contributed by atoms with E-state index in [0.29, 0.717) is 9.87 Å². The highest BCUT2D eigenvalue weighted by molar-refractivity contribution is 7.99. The van der Waals surface area contributed by atoms with Gasteiger partial charge in [-0.1, -0.05) is 36.8 Å². The maximum absolute atomic E-state index is 12.8. The van der Waals surface area contributed by atoms with E-state index in [2.05, 4.69) is 5.32 Å². The zero-order valence-corrected chi connectivity index (χ0v) is 15.1. The summed E-state index contributed by atoms with van der Waals surface area (Å²) in [6.07, 6.45) is 0.721. The van der Waals surface area contributed by atoms with E-state index in [1.807, 2.05) is 20.8 Å². The number of aryl methyl sites for hydroxylation is 1. The Bertz CT molecular complexity index is 794. The number of carbonyl (C=O) groups is 2. The van der Waals surface area contributed by atoms with Crippen LogP contribution in [0.3, 0.4) is 0 Å². The molecule has 0 unspecified atom stereocenters. The Morgan fingerprint density at radius 2 is 1.79 bits per heavy atom. The van der Waals surface area contributed by atoms with Crippen molar-refractivity contribution < 1.29 is 18.0 Å². The number of rotatable bonds is 5. The molecule has 2 rings (SSSR count). The topological polar surface area (TPSA) is 83.6 Å². The number of sulfonamides is 1. The molecule has 1 aromatic rings. The highest BCUT2D eigenvalue weighted by atomic mass is 32.2. The van der Waals surface area contributed by atoms with Crippen molar-refractivity contribution in [2.75, 3.05) is 6.54 Å². The molecule has 6 nitrogen and oxygen atoms in total. The molecule has 7 heteroatoms. The van der Waals surface area contributed by atoms with Crippen molar-refractivity contribution in [3.8, 4) is 0 Å². The lowest BCUT2D eigenvalue weighted by Gasteiger charge is -2.18. The minimum atomic E-state index is -4.03. The highest BCUT2D eigenvalue weighted by Gasteiger charge is 2.43. The molecule has 130 valence electrons. The van der Waals surface area contributed by atoms with Gasteiger partial charge in [-0.3, -0.25) is 9.59 Å². The molecule has 1 aliphatic rings. The van der Waals surface area contributed by atoms with Crippen LogP contribution in [0, 0.1) is 6.92 Å². The predicted octanol–water partition coefficient (Wildman–Crippen LogP) is 1.81. The van der Waals surface area contributed by atoms with E-state index in [9.17, 15) is 18.0 Å². The highest BCUT2D eigenvalue weighted by Crippen LogP contribution is 2.35. The third-order valence-corrected chi connectivity index (χ3v) is 5.99. The average molecular weight is 350 g/mol. The Balaban J connectivity index is 2.32. The van der Waals surface area contributed by atoms with Crippen LogP contribution in [0.5, 0.6) is 0 Å². The number of hydrogen-bond donors (Lipinski definition) is 1. The summed E-state index contributed by atoms with van der Waals surface area (Å²) in [4.78, 5) is 24.4. The molecule has 2 amide bonds. The second-order valence-electron chi connectivity index (χ2n) is 6.01. The molecule has 0 aliphatic carbocycles. The van der Waals surface area contributed by atoms with Crippen molar-refractivity contribution in [2.24, 2.45) is 0 Å². The van der Waals surface area contributed by atoms with Crippen LogP contribution >= 0.6 is 0 Å². The molecule has 1 aliphatic heterocycles. The van der Waals surface area contributed by atoms with Gasteiger partial charge in [0.2, 0.25) is 5.91 Å². The van der Waals surface area contributed by atoms with Gasteiger partial charge in [-0.2, -0.15) is 0 Å². The molecule has 1 N–H and O–H groups in total. The van der Waals surface area contributed by atoms with Crippen LogP contribution in [0.4, 0.5) is 0 Å². The minimum absolute atomic E-state index is 0.0242. The second kappa shape index (κ2) is 6.76. The van der Waals surface area contributed by atoms with Gasteiger partial charge in [-0.25, -0.2) is 12.7 Å². The third-order valence-electron chi connectivity index (χ3n) is 4.06. The van der Waals surface area contributed by atoms with Gasteiger partial charge in [-0.05, 0) is 32.8 Å². The van der Waals surface area contributed by atoms with E-state index in [1.165, 1.54) is 6.92 Å². The van der Waals surface area contributed by atoms with Crippen LogP contribution in [0.1, 0.15) is 38.3 Å². The van der Waals surface area contributed by atoms with Crippen LogP contribution in [-0.2, 0) is 19.6 Å². The normalized spacial score (nSPS) is 18.0. The molecule has 0 bridgehead atoms. The van der Waals surface area contributed by atoms with Crippen LogP contribution in [0.25, 0.3) is 4.91 Å². The van der Waals surface area contributed by atoms with E-state index in [0.717, 1.165) is 12.0 Å². The monoisotopic (exact) mass is 350 g/mol. The smallest absolute Gasteiger partial charge is 0.268 e. The van der Waals surface area contributed by atoms with Crippen LogP contribution < -0.4 is 5.32 Å². The van der Waals surface area contributed by atoms with E-state index in [-0.39, 0.29) is 16.5 Å². The van der Waals surface area contributed by atoms with Crippen molar-refractivity contribution >= 4 is 26.7 Å². The molecule has 0 radical (unpaired) electrons. The quantitative estimate of drug-likeness (QED) is 0.878. The van der Waals surface area contributed by atoms with E-state index in [4.69, 9.17) is 0 Å². The molecule has 0 fully saturated rings. The SMILES string of the molecule is CC[C@H](C)NC(=O)CN1C(=O)C(C)=C(c2ccc(C)cc2)S1(=O)=O. The second-order valence-corrected chi connectivity index (χ2v) is 7.81. The first-order valence-corrected chi connectivity index (χ1v) is 9.26. The third kappa shape index (κ3) is 3.36. The van der Waals surface area contributed by atoms with Gasteiger partial charge >= 0.3 is 0 Å². The molecule has 0 aromatic heterocycles. The first-order valence-electron chi connectivity index (χ1n) is 7.82.